The van der Waals surface area contributed by atoms with Crippen molar-refractivity contribution < 1.29 is 4.79 Å². The first-order valence-corrected chi connectivity index (χ1v) is 7.78. The summed E-state index contributed by atoms with van der Waals surface area (Å²) in [7, 11) is 0. The van der Waals surface area contributed by atoms with Gasteiger partial charge in [-0.2, -0.15) is 0 Å². The molecule has 18 heavy (non-hydrogen) atoms. The number of hydrogen-bond acceptors (Lipinski definition) is 2. The van der Waals surface area contributed by atoms with Crippen molar-refractivity contribution in [2.45, 2.75) is 57.4 Å². The zero-order chi connectivity index (χ0) is 12.6. The van der Waals surface area contributed by atoms with Crippen molar-refractivity contribution in [3.05, 3.63) is 0 Å². The number of rotatable bonds is 2. The fourth-order valence-corrected chi connectivity index (χ4v) is 4.34. The number of fused-ring (bicyclic) bond motifs is 2. The summed E-state index contributed by atoms with van der Waals surface area (Å²) in [5.74, 6) is 1.98. The van der Waals surface area contributed by atoms with Crippen molar-refractivity contribution >= 4 is 5.91 Å². The van der Waals surface area contributed by atoms with Gasteiger partial charge in [-0.05, 0) is 56.9 Å². The molecule has 1 amide bonds. The molecule has 3 atom stereocenters. The van der Waals surface area contributed by atoms with Gasteiger partial charge in [-0.1, -0.05) is 13.3 Å². The van der Waals surface area contributed by atoms with Crippen LogP contribution >= 0.6 is 0 Å². The minimum Gasteiger partial charge on any atom is -0.341 e. The Hall–Kier alpha value is -0.570. The summed E-state index contributed by atoms with van der Waals surface area (Å²) in [6.45, 7) is 5.22. The van der Waals surface area contributed by atoms with Gasteiger partial charge in [0.15, 0.2) is 0 Å². The highest BCUT2D eigenvalue weighted by atomic mass is 16.2. The first kappa shape index (κ1) is 12.5. The van der Waals surface area contributed by atoms with E-state index in [1.54, 1.807) is 0 Å². The van der Waals surface area contributed by atoms with Gasteiger partial charge in [0, 0.05) is 13.1 Å². The average molecular weight is 250 g/mol. The van der Waals surface area contributed by atoms with Crippen molar-refractivity contribution in [1.82, 2.24) is 10.2 Å². The van der Waals surface area contributed by atoms with E-state index in [4.69, 9.17) is 0 Å². The minimum atomic E-state index is -0.217. The van der Waals surface area contributed by atoms with E-state index < -0.39 is 0 Å². The Morgan fingerprint density at radius 1 is 1.28 bits per heavy atom. The van der Waals surface area contributed by atoms with Crippen molar-refractivity contribution in [3.8, 4) is 0 Å². The lowest BCUT2D eigenvalue weighted by Crippen LogP contribution is -2.58. The zero-order valence-corrected chi connectivity index (χ0v) is 11.6. The van der Waals surface area contributed by atoms with Crippen molar-refractivity contribution in [1.29, 1.82) is 0 Å². The standard InChI is InChI=1S/C15H26N2O/c1-2-15(7-4-8-16-15)14(18)17-10-12-5-3-6-13(9-12)11-17/h12-13,16H,2-11H2,1H3. The molecule has 3 fully saturated rings. The molecule has 2 aliphatic heterocycles. The Bertz CT molecular complexity index is 310. The average Bonchev–Trinajstić information content (AvgIpc) is 2.87. The summed E-state index contributed by atoms with van der Waals surface area (Å²) < 4.78 is 0. The molecule has 0 spiro atoms. The number of hydrogen-bond donors (Lipinski definition) is 1. The smallest absolute Gasteiger partial charge is 0.242 e. The molecule has 3 heteroatoms. The third kappa shape index (κ3) is 2.07. The lowest BCUT2D eigenvalue weighted by atomic mass is 9.77. The maximum atomic E-state index is 12.8. The molecule has 2 saturated heterocycles. The molecular weight excluding hydrogens is 224 g/mol. The van der Waals surface area contributed by atoms with Crippen LogP contribution in [0, 0.1) is 11.8 Å². The first-order valence-electron chi connectivity index (χ1n) is 7.78. The third-order valence-corrected chi connectivity index (χ3v) is 5.39. The molecule has 0 aromatic heterocycles. The fraction of sp³-hybridized carbons (Fsp3) is 0.933. The van der Waals surface area contributed by atoms with Gasteiger partial charge in [0.2, 0.25) is 5.91 Å². The van der Waals surface area contributed by atoms with Crippen molar-refractivity contribution in [2.75, 3.05) is 19.6 Å². The number of carbonyl (C=O) groups excluding carboxylic acids is 1. The van der Waals surface area contributed by atoms with E-state index in [1.807, 2.05) is 0 Å². The normalized spacial score (nSPS) is 39.9. The summed E-state index contributed by atoms with van der Waals surface area (Å²) in [4.78, 5) is 15.0. The van der Waals surface area contributed by atoms with Crippen LogP contribution in [0.1, 0.15) is 51.9 Å². The van der Waals surface area contributed by atoms with E-state index >= 15 is 0 Å². The minimum absolute atomic E-state index is 0.217. The molecule has 102 valence electrons. The second kappa shape index (κ2) is 4.84. The van der Waals surface area contributed by atoms with Crippen molar-refractivity contribution in [2.24, 2.45) is 11.8 Å². The first-order chi connectivity index (χ1) is 8.73. The van der Waals surface area contributed by atoms with Crippen LogP contribution in [0.2, 0.25) is 0 Å². The maximum Gasteiger partial charge on any atom is 0.242 e. The highest BCUT2D eigenvalue weighted by molar-refractivity contribution is 5.86. The third-order valence-electron chi connectivity index (χ3n) is 5.39. The molecule has 1 N–H and O–H groups in total. The van der Waals surface area contributed by atoms with E-state index in [1.165, 1.54) is 25.7 Å². The molecule has 0 aromatic rings. The Morgan fingerprint density at radius 2 is 2.00 bits per heavy atom. The second-order valence-electron chi connectivity index (χ2n) is 6.57. The number of carbonyl (C=O) groups is 1. The quantitative estimate of drug-likeness (QED) is 0.814. The van der Waals surface area contributed by atoms with Gasteiger partial charge in [0.25, 0.3) is 0 Å². The summed E-state index contributed by atoms with van der Waals surface area (Å²) >= 11 is 0. The number of nitrogens with zero attached hydrogens (tertiary/aromatic N) is 1. The van der Waals surface area contributed by atoms with Crippen LogP contribution in [0.3, 0.4) is 0 Å². The van der Waals surface area contributed by atoms with Crippen LogP contribution in [-0.2, 0) is 4.79 Å². The van der Waals surface area contributed by atoms with Crippen LogP contribution in [0.25, 0.3) is 0 Å². The SMILES string of the molecule is CCC1(C(=O)N2CC3CCCC(C3)C2)CCCN1. The monoisotopic (exact) mass is 250 g/mol. The maximum absolute atomic E-state index is 12.8. The molecular formula is C15H26N2O. The van der Waals surface area contributed by atoms with Gasteiger partial charge in [-0.15, -0.1) is 0 Å². The van der Waals surface area contributed by atoms with Crippen LogP contribution in [0.15, 0.2) is 0 Å². The fourth-order valence-electron chi connectivity index (χ4n) is 4.34. The Labute approximate surface area is 110 Å². The molecule has 2 heterocycles. The Morgan fingerprint density at radius 3 is 2.56 bits per heavy atom. The summed E-state index contributed by atoms with van der Waals surface area (Å²) in [6, 6.07) is 0. The van der Waals surface area contributed by atoms with Gasteiger partial charge in [-0.25, -0.2) is 0 Å². The molecule has 3 unspecified atom stereocenters. The number of piperidine rings is 1. The predicted molar refractivity (Wildman–Crippen MR) is 72.3 cm³/mol. The number of amides is 1. The summed E-state index contributed by atoms with van der Waals surface area (Å²) in [5.41, 5.74) is -0.217. The Kier molecular flexibility index (Phi) is 3.35. The highest BCUT2D eigenvalue weighted by Crippen LogP contribution is 2.36. The molecule has 3 rings (SSSR count). The predicted octanol–water partition coefficient (Wildman–Crippen LogP) is 2.17. The number of likely N-dealkylation sites (tertiary alicyclic amines) is 1. The summed E-state index contributed by atoms with van der Waals surface area (Å²) in [5, 5.41) is 3.49. The highest BCUT2D eigenvalue weighted by Gasteiger charge is 2.44. The van der Waals surface area contributed by atoms with Crippen LogP contribution in [-0.4, -0.2) is 36.0 Å². The molecule has 0 radical (unpaired) electrons. The molecule has 3 nitrogen and oxygen atoms in total. The Balaban J connectivity index is 1.72. The largest absolute Gasteiger partial charge is 0.341 e. The molecule has 1 aliphatic carbocycles. The van der Waals surface area contributed by atoms with Crippen LogP contribution in [0.5, 0.6) is 0 Å². The van der Waals surface area contributed by atoms with Gasteiger partial charge < -0.3 is 10.2 Å². The van der Waals surface area contributed by atoms with Crippen LogP contribution < -0.4 is 5.32 Å². The van der Waals surface area contributed by atoms with E-state index in [-0.39, 0.29) is 5.54 Å². The van der Waals surface area contributed by atoms with E-state index in [2.05, 4.69) is 17.1 Å². The van der Waals surface area contributed by atoms with Gasteiger partial charge in [0.1, 0.15) is 0 Å². The molecule has 2 bridgehead atoms. The van der Waals surface area contributed by atoms with Gasteiger partial charge >= 0.3 is 0 Å². The summed E-state index contributed by atoms with van der Waals surface area (Å²) in [6.07, 6.45) is 8.57. The molecule has 1 saturated carbocycles. The van der Waals surface area contributed by atoms with E-state index in [0.717, 1.165) is 50.7 Å². The molecule has 3 aliphatic rings. The molecule has 0 aromatic carbocycles. The van der Waals surface area contributed by atoms with Crippen molar-refractivity contribution in [3.63, 3.8) is 0 Å². The number of nitrogens with one attached hydrogen (secondary N) is 1. The lowest BCUT2D eigenvalue weighted by molar-refractivity contribution is -0.141. The lowest BCUT2D eigenvalue weighted by Gasteiger charge is -2.44. The topological polar surface area (TPSA) is 32.3 Å². The van der Waals surface area contributed by atoms with E-state index in [0.29, 0.717) is 5.91 Å². The van der Waals surface area contributed by atoms with Gasteiger partial charge in [0.05, 0.1) is 5.54 Å². The second-order valence-corrected chi connectivity index (χ2v) is 6.57. The van der Waals surface area contributed by atoms with E-state index in [9.17, 15) is 4.79 Å². The van der Waals surface area contributed by atoms with Crippen LogP contribution in [0.4, 0.5) is 0 Å². The van der Waals surface area contributed by atoms with Gasteiger partial charge in [-0.3, -0.25) is 4.79 Å². The zero-order valence-electron chi connectivity index (χ0n) is 11.6.